The minimum absolute atomic E-state index is 0.0294. The van der Waals surface area contributed by atoms with E-state index in [2.05, 4.69) is 15.3 Å². The van der Waals surface area contributed by atoms with Crippen molar-refractivity contribution in [1.82, 2.24) is 14.9 Å². The maximum Gasteiger partial charge on any atom is 0.453 e. The summed E-state index contributed by atoms with van der Waals surface area (Å²) in [6.45, 7) is 1.83. The number of thioether (sulfide) groups is 1. The van der Waals surface area contributed by atoms with Crippen LogP contribution in [0.1, 0.15) is 24.3 Å². The van der Waals surface area contributed by atoms with E-state index in [1.54, 1.807) is 37.3 Å². The van der Waals surface area contributed by atoms with Crippen LogP contribution < -0.4 is 4.74 Å². The molecule has 0 saturated carbocycles. The number of furan rings is 1. The van der Waals surface area contributed by atoms with E-state index in [-0.39, 0.29) is 22.5 Å². The molecule has 3 aromatic rings. The molecule has 6 nitrogen and oxygen atoms in total. The van der Waals surface area contributed by atoms with E-state index in [9.17, 15) is 13.2 Å². The van der Waals surface area contributed by atoms with Gasteiger partial charge in [0, 0.05) is 0 Å². The molecule has 3 rings (SSSR count). The summed E-state index contributed by atoms with van der Waals surface area (Å²) in [5.41, 5.74) is 0. The van der Waals surface area contributed by atoms with E-state index in [1.165, 1.54) is 0 Å². The summed E-state index contributed by atoms with van der Waals surface area (Å²) in [6, 6.07) is 8.12. The zero-order valence-electron chi connectivity index (χ0n) is 14.8. The average molecular weight is 465 g/mol. The van der Waals surface area contributed by atoms with Gasteiger partial charge in [-0.15, -0.1) is 10.2 Å². The molecule has 0 radical (unpaired) electrons. The van der Waals surface area contributed by atoms with Gasteiger partial charge < -0.3 is 9.15 Å². The first-order chi connectivity index (χ1) is 13.8. The zero-order valence-corrected chi connectivity index (χ0v) is 17.1. The van der Waals surface area contributed by atoms with Crippen LogP contribution in [0.2, 0.25) is 10.0 Å². The number of rotatable bonds is 7. The molecule has 0 amide bonds. The van der Waals surface area contributed by atoms with Gasteiger partial charge in [0.25, 0.3) is 5.82 Å². The maximum atomic E-state index is 13.1. The van der Waals surface area contributed by atoms with Gasteiger partial charge in [-0.2, -0.15) is 22.9 Å². The van der Waals surface area contributed by atoms with Crippen LogP contribution in [0.5, 0.6) is 5.75 Å². The summed E-state index contributed by atoms with van der Waals surface area (Å²) in [6.07, 6.45) is -3.54. The van der Waals surface area contributed by atoms with E-state index >= 15 is 0 Å². The second-order valence-corrected chi connectivity index (χ2v) is 7.45. The van der Waals surface area contributed by atoms with Gasteiger partial charge in [-0.3, -0.25) is 0 Å². The lowest BCUT2D eigenvalue weighted by Gasteiger charge is -2.07. The van der Waals surface area contributed by atoms with Gasteiger partial charge in [-0.25, -0.2) is 0 Å². The number of ether oxygens (including phenoxy) is 1. The molecule has 0 spiro atoms. The Labute approximate surface area is 177 Å². The van der Waals surface area contributed by atoms with Crippen LogP contribution in [-0.2, 0) is 12.8 Å². The fourth-order valence-corrected chi connectivity index (χ4v) is 3.12. The third-order valence-corrected chi connectivity index (χ3v) is 5.01. The molecule has 154 valence electrons. The van der Waals surface area contributed by atoms with E-state index in [0.29, 0.717) is 27.0 Å². The van der Waals surface area contributed by atoms with Crippen molar-refractivity contribution in [2.24, 2.45) is 5.10 Å². The average Bonchev–Trinajstić information content (AvgIpc) is 3.28. The fourth-order valence-electron chi connectivity index (χ4n) is 2.17. The van der Waals surface area contributed by atoms with Crippen LogP contribution >= 0.6 is 35.0 Å². The van der Waals surface area contributed by atoms with Gasteiger partial charge in [0.2, 0.25) is 5.16 Å². The van der Waals surface area contributed by atoms with Crippen molar-refractivity contribution in [2.75, 3.05) is 5.75 Å². The Bertz CT molecular complexity index is 1020. The first kappa shape index (κ1) is 21.5. The highest BCUT2D eigenvalue weighted by Crippen LogP contribution is 2.32. The van der Waals surface area contributed by atoms with Crippen molar-refractivity contribution in [3.05, 3.63) is 57.7 Å². The Morgan fingerprint density at radius 1 is 1.24 bits per heavy atom. The summed E-state index contributed by atoms with van der Waals surface area (Å²) in [4.78, 5) is 0. The predicted octanol–water partition coefficient (Wildman–Crippen LogP) is 5.77. The Balaban J connectivity index is 1.74. The molecule has 0 fully saturated rings. The molecule has 29 heavy (non-hydrogen) atoms. The van der Waals surface area contributed by atoms with Gasteiger partial charge in [-0.05, 0) is 30.0 Å². The van der Waals surface area contributed by atoms with E-state index in [1.807, 2.05) is 0 Å². The number of benzene rings is 1. The molecule has 1 aromatic carbocycles. The van der Waals surface area contributed by atoms with Crippen molar-refractivity contribution in [3.63, 3.8) is 0 Å². The van der Waals surface area contributed by atoms with Crippen LogP contribution in [0.25, 0.3) is 0 Å². The molecule has 12 heteroatoms. The Kier molecular flexibility index (Phi) is 6.76. The van der Waals surface area contributed by atoms with Crippen LogP contribution in [0.3, 0.4) is 0 Å². The molecule has 2 aromatic heterocycles. The fraction of sp³-hybridized carbons (Fsp3) is 0.235. The molecule has 0 unspecified atom stereocenters. The van der Waals surface area contributed by atoms with E-state index in [0.717, 1.165) is 18.0 Å². The number of halogens is 5. The van der Waals surface area contributed by atoms with Gasteiger partial charge >= 0.3 is 6.18 Å². The third-order valence-electron chi connectivity index (χ3n) is 3.41. The topological polar surface area (TPSA) is 65.4 Å². The summed E-state index contributed by atoms with van der Waals surface area (Å²) in [5.74, 6) is 0.335. The normalized spacial score (nSPS) is 12.1. The summed E-state index contributed by atoms with van der Waals surface area (Å²) < 4.78 is 51.0. The number of hydrogen-bond donors (Lipinski definition) is 0. The van der Waals surface area contributed by atoms with Crippen molar-refractivity contribution in [3.8, 4) is 5.75 Å². The highest BCUT2D eigenvalue weighted by molar-refractivity contribution is 7.99. The van der Waals surface area contributed by atoms with E-state index < -0.39 is 12.0 Å². The second-order valence-electron chi connectivity index (χ2n) is 5.44. The molecule has 0 aliphatic rings. The highest BCUT2D eigenvalue weighted by Gasteiger charge is 2.38. The van der Waals surface area contributed by atoms with Crippen molar-refractivity contribution >= 4 is 41.2 Å². The summed E-state index contributed by atoms with van der Waals surface area (Å²) >= 11 is 13.1. The smallest absolute Gasteiger partial charge is 0.453 e. The lowest BCUT2D eigenvalue weighted by Crippen LogP contribution is -2.13. The summed E-state index contributed by atoms with van der Waals surface area (Å²) in [5, 5.41) is 11.2. The van der Waals surface area contributed by atoms with Crippen molar-refractivity contribution < 1.29 is 22.3 Å². The second kappa shape index (κ2) is 9.10. The minimum Gasteiger partial charge on any atom is -0.484 e. The van der Waals surface area contributed by atoms with Gasteiger partial charge in [0.05, 0.1) is 11.2 Å². The minimum atomic E-state index is -4.69. The number of alkyl halides is 3. The molecule has 0 aliphatic carbocycles. The summed E-state index contributed by atoms with van der Waals surface area (Å²) in [7, 11) is 0. The van der Waals surface area contributed by atoms with Gasteiger partial charge in [0.1, 0.15) is 28.9 Å². The van der Waals surface area contributed by atoms with Crippen LogP contribution in [0.15, 0.2) is 45.0 Å². The molecule has 0 atom stereocenters. The monoisotopic (exact) mass is 464 g/mol. The van der Waals surface area contributed by atoms with Gasteiger partial charge in [-0.1, -0.05) is 48.0 Å². The standard InChI is InChI=1S/C17H13Cl2F3N4O2S/c1-2-29-16-25-24-15(17(20,21)22)26(16)23-8-10-6-7-11(28-10)9-27-13-5-3-4-12(18)14(13)19/h3-8H,2,9H2,1H3/b23-8-. The first-order valence-electron chi connectivity index (χ1n) is 8.15. The van der Waals surface area contributed by atoms with Crippen LogP contribution in [0, 0.1) is 0 Å². The molecular weight excluding hydrogens is 452 g/mol. The zero-order chi connectivity index (χ0) is 21.0. The van der Waals surface area contributed by atoms with Crippen molar-refractivity contribution in [1.29, 1.82) is 0 Å². The third kappa shape index (κ3) is 5.26. The number of nitrogens with zero attached hydrogens (tertiary/aromatic N) is 4. The number of aromatic nitrogens is 3. The molecule has 0 saturated heterocycles. The van der Waals surface area contributed by atoms with Gasteiger partial charge in [0.15, 0.2) is 0 Å². The Morgan fingerprint density at radius 3 is 2.76 bits per heavy atom. The molecule has 0 aliphatic heterocycles. The first-order valence-corrected chi connectivity index (χ1v) is 9.89. The highest BCUT2D eigenvalue weighted by atomic mass is 35.5. The van der Waals surface area contributed by atoms with Crippen molar-refractivity contribution in [2.45, 2.75) is 24.9 Å². The largest absolute Gasteiger partial charge is 0.484 e. The quantitative estimate of drug-likeness (QED) is 0.328. The molecule has 0 bridgehead atoms. The Morgan fingerprint density at radius 2 is 2.03 bits per heavy atom. The molecule has 2 heterocycles. The SMILES string of the molecule is CCSc1nnc(C(F)(F)F)n1/N=C\c1ccc(COc2cccc(Cl)c2Cl)o1. The van der Waals surface area contributed by atoms with Crippen LogP contribution in [-0.4, -0.2) is 26.8 Å². The lowest BCUT2D eigenvalue weighted by atomic mass is 10.3. The Hall–Kier alpha value is -2.17. The maximum absolute atomic E-state index is 13.1. The lowest BCUT2D eigenvalue weighted by molar-refractivity contribution is -0.147. The predicted molar refractivity (Wildman–Crippen MR) is 104 cm³/mol. The molecule has 0 N–H and O–H groups in total. The van der Waals surface area contributed by atoms with Crippen LogP contribution in [0.4, 0.5) is 13.2 Å². The van der Waals surface area contributed by atoms with E-state index in [4.69, 9.17) is 32.4 Å². The number of hydrogen-bond acceptors (Lipinski definition) is 6. The molecular formula is C17H13Cl2F3N4O2S.